The first-order chi connectivity index (χ1) is 14.0. The Balaban J connectivity index is 3.38. The lowest BCUT2D eigenvalue weighted by molar-refractivity contribution is 0.252. The summed E-state index contributed by atoms with van der Waals surface area (Å²) in [6, 6.07) is 0. The molecular formula is C23H54N6. The molecule has 0 spiro atoms. The Morgan fingerprint density at radius 2 is 0.655 bits per heavy atom. The maximum atomic E-state index is 3.21. The number of nitrogens with one attached hydrogen (secondary N) is 2. The van der Waals surface area contributed by atoms with Gasteiger partial charge in [-0.3, -0.25) is 0 Å². The van der Waals surface area contributed by atoms with Gasteiger partial charge in [0.2, 0.25) is 0 Å². The van der Waals surface area contributed by atoms with Gasteiger partial charge in [-0.2, -0.15) is 0 Å². The van der Waals surface area contributed by atoms with Gasteiger partial charge in [0.05, 0.1) is 0 Å². The number of nitrogens with zero attached hydrogens (tertiary/aromatic N) is 4. The van der Waals surface area contributed by atoms with E-state index in [-0.39, 0.29) is 0 Å². The van der Waals surface area contributed by atoms with Crippen molar-refractivity contribution in [2.75, 3.05) is 108 Å². The largest absolute Gasteiger partial charge is 0.318 e. The molecule has 0 unspecified atom stereocenters. The van der Waals surface area contributed by atoms with Crippen LogP contribution in [0.5, 0.6) is 0 Å². The predicted molar refractivity (Wildman–Crippen MR) is 130 cm³/mol. The molecule has 0 aliphatic heterocycles. The number of hydrogen-bond donors (Lipinski definition) is 2. The van der Waals surface area contributed by atoms with Crippen molar-refractivity contribution in [1.29, 1.82) is 0 Å². The monoisotopic (exact) mass is 414 g/mol. The predicted octanol–water partition coefficient (Wildman–Crippen LogP) is 1.88. The first kappa shape index (κ1) is 28.8. The zero-order valence-corrected chi connectivity index (χ0v) is 20.8. The average Bonchev–Trinajstić information content (AvgIpc) is 2.71. The fourth-order valence-electron chi connectivity index (χ4n) is 3.38. The minimum Gasteiger partial charge on any atom is -0.318 e. The number of unbranched alkanes of at least 4 members (excludes halogenated alkanes) is 6. The van der Waals surface area contributed by atoms with E-state index in [9.17, 15) is 0 Å². The number of rotatable bonds is 22. The van der Waals surface area contributed by atoms with Crippen molar-refractivity contribution in [3.63, 3.8) is 0 Å². The molecule has 0 aromatic rings. The summed E-state index contributed by atoms with van der Waals surface area (Å²) >= 11 is 0. The van der Waals surface area contributed by atoms with E-state index in [0.717, 1.165) is 26.2 Å². The van der Waals surface area contributed by atoms with Gasteiger partial charge in [0.15, 0.2) is 0 Å². The van der Waals surface area contributed by atoms with Crippen molar-refractivity contribution in [1.82, 2.24) is 30.2 Å². The van der Waals surface area contributed by atoms with Gasteiger partial charge in [0.1, 0.15) is 0 Å². The van der Waals surface area contributed by atoms with E-state index in [1.165, 1.54) is 84.2 Å². The minimum absolute atomic E-state index is 1.07. The van der Waals surface area contributed by atoms with Crippen LogP contribution in [-0.2, 0) is 0 Å². The van der Waals surface area contributed by atoms with Crippen LogP contribution in [0.4, 0.5) is 0 Å². The van der Waals surface area contributed by atoms with Gasteiger partial charge >= 0.3 is 0 Å². The highest BCUT2D eigenvalue weighted by molar-refractivity contribution is 4.60. The Morgan fingerprint density at radius 1 is 0.379 bits per heavy atom. The highest BCUT2D eigenvalue weighted by Gasteiger charge is 2.03. The minimum atomic E-state index is 1.07. The number of likely N-dealkylation sites (N-methyl/N-ethyl adjacent to an activating group) is 6. The van der Waals surface area contributed by atoms with Gasteiger partial charge < -0.3 is 30.2 Å². The van der Waals surface area contributed by atoms with Crippen molar-refractivity contribution >= 4 is 0 Å². The molecule has 0 amide bonds. The summed E-state index contributed by atoms with van der Waals surface area (Å²) in [6.45, 7) is 11.6. The molecule has 0 bridgehead atoms. The van der Waals surface area contributed by atoms with E-state index in [0.29, 0.717) is 0 Å². The number of hydrogen-bond acceptors (Lipinski definition) is 6. The van der Waals surface area contributed by atoms with Gasteiger partial charge in [0.25, 0.3) is 0 Å². The van der Waals surface area contributed by atoms with Crippen molar-refractivity contribution < 1.29 is 0 Å². The van der Waals surface area contributed by atoms with Crippen LogP contribution in [-0.4, -0.2) is 127 Å². The van der Waals surface area contributed by atoms with Gasteiger partial charge in [-0.25, -0.2) is 0 Å². The molecule has 0 heterocycles. The molecule has 2 N–H and O–H groups in total. The lowest BCUT2D eigenvalue weighted by Crippen LogP contribution is -2.34. The second-order valence-corrected chi connectivity index (χ2v) is 8.90. The second kappa shape index (κ2) is 21.0. The summed E-state index contributed by atoms with van der Waals surface area (Å²) in [5.41, 5.74) is 0. The third-order valence-corrected chi connectivity index (χ3v) is 5.79. The van der Waals surface area contributed by atoms with Crippen molar-refractivity contribution in [3.8, 4) is 0 Å². The summed E-state index contributed by atoms with van der Waals surface area (Å²) in [5.74, 6) is 0. The van der Waals surface area contributed by atoms with E-state index < -0.39 is 0 Å². The van der Waals surface area contributed by atoms with Gasteiger partial charge in [0, 0.05) is 52.4 Å². The standard InChI is InChI=1S/C23H54N6/c1-24-14-18-28(5)22-20-26(3)16-12-10-8-7-9-11-13-17-27(4)21-23-29(6)19-15-25-2/h24-25H,7-23H2,1-6H3. The molecule has 6 heteroatoms. The molecule has 0 fully saturated rings. The molecule has 6 nitrogen and oxygen atoms in total. The average molecular weight is 415 g/mol. The fourth-order valence-corrected chi connectivity index (χ4v) is 3.38. The normalized spacial score (nSPS) is 12.2. The Bertz CT molecular complexity index is 298. The van der Waals surface area contributed by atoms with Crippen molar-refractivity contribution in [2.24, 2.45) is 0 Å². The van der Waals surface area contributed by atoms with Gasteiger partial charge in [-0.1, -0.05) is 32.1 Å². The Morgan fingerprint density at radius 3 is 0.966 bits per heavy atom. The molecule has 176 valence electrons. The Kier molecular flexibility index (Phi) is 20.8. The molecule has 0 aliphatic rings. The maximum absolute atomic E-state index is 3.21. The Labute approximate surface area is 183 Å². The molecular weight excluding hydrogens is 360 g/mol. The van der Waals surface area contributed by atoms with E-state index in [2.05, 4.69) is 58.4 Å². The van der Waals surface area contributed by atoms with Crippen LogP contribution in [0.1, 0.15) is 44.9 Å². The van der Waals surface area contributed by atoms with Crippen LogP contribution in [0, 0.1) is 0 Å². The highest BCUT2D eigenvalue weighted by atomic mass is 15.2. The van der Waals surface area contributed by atoms with Crippen molar-refractivity contribution in [2.45, 2.75) is 44.9 Å². The molecule has 0 aliphatic carbocycles. The van der Waals surface area contributed by atoms with Crippen LogP contribution in [0.3, 0.4) is 0 Å². The van der Waals surface area contributed by atoms with Crippen molar-refractivity contribution in [3.05, 3.63) is 0 Å². The first-order valence-corrected chi connectivity index (χ1v) is 12.0. The maximum Gasteiger partial charge on any atom is 0.0107 e. The SMILES string of the molecule is CNCCN(C)CCN(C)CCCCCCCCCN(C)CCN(C)CCNC. The lowest BCUT2D eigenvalue weighted by atomic mass is 10.1. The molecule has 29 heavy (non-hydrogen) atoms. The second-order valence-electron chi connectivity index (χ2n) is 8.90. The summed E-state index contributed by atoms with van der Waals surface area (Å²) in [4.78, 5) is 9.79. The van der Waals surface area contributed by atoms with E-state index in [1.807, 2.05) is 14.1 Å². The van der Waals surface area contributed by atoms with Crippen LogP contribution in [0.2, 0.25) is 0 Å². The summed E-state index contributed by atoms with van der Waals surface area (Å²) in [7, 11) is 13.0. The van der Waals surface area contributed by atoms with E-state index in [4.69, 9.17) is 0 Å². The topological polar surface area (TPSA) is 37.0 Å². The zero-order valence-electron chi connectivity index (χ0n) is 20.8. The molecule has 0 rings (SSSR count). The van der Waals surface area contributed by atoms with Crippen LogP contribution in [0.25, 0.3) is 0 Å². The lowest BCUT2D eigenvalue weighted by Gasteiger charge is -2.22. The molecule has 0 aromatic heterocycles. The zero-order chi connectivity index (χ0) is 21.7. The smallest absolute Gasteiger partial charge is 0.0107 e. The molecule has 0 radical (unpaired) electrons. The van der Waals surface area contributed by atoms with Crippen LogP contribution in [0.15, 0.2) is 0 Å². The van der Waals surface area contributed by atoms with Gasteiger partial charge in [-0.05, 0) is 68.2 Å². The first-order valence-electron chi connectivity index (χ1n) is 12.0. The van der Waals surface area contributed by atoms with Crippen LogP contribution >= 0.6 is 0 Å². The Hall–Kier alpha value is -0.240. The van der Waals surface area contributed by atoms with E-state index >= 15 is 0 Å². The fraction of sp³-hybridized carbons (Fsp3) is 1.00. The molecule has 0 saturated carbocycles. The summed E-state index contributed by atoms with van der Waals surface area (Å²) in [5, 5.41) is 6.42. The van der Waals surface area contributed by atoms with Crippen LogP contribution < -0.4 is 10.6 Å². The molecule has 0 aromatic carbocycles. The molecule has 0 saturated heterocycles. The molecule has 0 atom stereocenters. The summed E-state index contributed by atoms with van der Waals surface area (Å²) < 4.78 is 0. The van der Waals surface area contributed by atoms with E-state index in [1.54, 1.807) is 0 Å². The highest BCUT2D eigenvalue weighted by Crippen LogP contribution is 2.08. The third-order valence-electron chi connectivity index (χ3n) is 5.79. The third kappa shape index (κ3) is 20.8. The van der Waals surface area contributed by atoms with Gasteiger partial charge in [-0.15, -0.1) is 0 Å². The quantitative estimate of drug-likeness (QED) is 0.264. The summed E-state index contributed by atoms with van der Waals surface area (Å²) in [6.07, 6.45) is 9.69.